The van der Waals surface area contributed by atoms with Gasteiger partial charge < -0.3 is 10.2 Å². The highest BCUT2D eigenvalue weighted by atomic mass is 15.2. The molecule has 0 bridgehead atoms. The number of nitrogens with zero attached hydrogens (tertiary/aromatic N) is 1. The first-order valence-electron chi connectivity index (χ1n) is 7.27. The third-order valence-corrected chi connectivity index (χ3v) is 3.80. The topological polar surface area (TPSA) is 15.3 Å². The highest BCUT2D eigenvalue weighted by molar-refractivity contribution is 5.22. The molecule has 0 radical (unpaired) electrons. The van der Waals surface area contributed by atoms with Gasteiger partial charge in [-0.2, -0.15) is 0 Å². The molecule has 2 rings (SSSR count). The third kappa shape index (κ3) is 4.11. The summed E-state index contributed by atoms with van der Waals surface area (Å²) in [6, 6.07) is 9.85. The van der Waals surface area contributed by atoms with Crippen LogP contribution in [0, 0.1) is 0 Å². The fourth-order valence-corrected chi connectivity index (χ4v) is 2.69. The SMILES string of the molecule is CCCc1ccc(CCC2CN(C)CCN2)cc1. The van der Waals surface area contributed by atoms with Gasteiger partial charge in [-0.3, -0.25) is 0 Å². The summed E-state index contributed by atoms with van der Waals surface area (Å²) in [6.45, 7) is 5.74. The summed E-state index contributed by atoms with van der Waals surface area (Å²) in [7, 11) is 2.22. The van der Waals surface area contributed by atoms with E-state index in [0.717, 1.165) is 6.54 Å². The Balaban J connectivity index is 1.78. The third-order valence-electron chi connectivity index (χ3n) is 3.80. The number of aryl methyl sites for hydroxylation is 2. The zero-order chi connectivity index (χ0) is 12.8. The number of piperazine rings is 1. The summed E-state index contributed by atoms with van der Waals surface area (Å²) in [6.07, 6.45) is 4.88. The van der Waals surface area contributed by atoms with Crippen molar-refractivity contribution in [3.8, 4) is 0 Å². The monoisotopic (exact) mass is 246 g/mol. The Morgan fingerprint density at radius 1 is 1.17 bits per heavy atom. The fraction of sp³-hybridized carbons (Fsp3) is 0.625. The molecule has 1 unspecified atom stereocenters. The molecule has 1 aliphatic heterocycles. The molecule has 0 amide bonds. The maximum atomic E-state index is 3.61. The molecule has 0 aliphatic carbocycles. The molecule has 1 atom stereocenters. The van der Waals surface area contributed by atoms with Gasteiger partial charge >= 0.3 is 0 Å². The second-order valence-corrected chi connectivity index (χ2v) is 5.52. The average molecular weight is 246 g/mol. The fourth-order valence-electron chi connectivity index (χ4n) is 2.69. The largest absolute Gasteiger partial charge is 0.311 e. The molecule has 0 aromatic heterocycles. The van der Waals surface area contributed by atoms with Crippen LogP contribution in [0.5, 0.6) is 0 Å². The van der Waals surface area contributed by atoms with Crippen LogP contribution in [0.25, 0.3) is 0 Å². The number of nitrogens with one attached hydrogen (secondary N) is 1. The Hall–Kier alpha value is -0.860. The van der Waals surface area contributed by atoms with Crippen LogP contribution in [0.15, 0.2) is 24.3 Å². The molecule has 1 aromatic carbocycles. The molecular formula is C16H26N2. The van der Waals surface area contributed by atoms with Crippen molar-refractivity contribution in [1.82, 2.24) is 10.2 Å². The molecule has 1 heterocycles. The van der Waals surface area contributed by atoms with Crippen LogP contribution in [0.2, 0.25) is 0 Å². The minimum absolute atomic E-state index is 0.666. The molecule has 0 saturated carbocycles. The predicted octanol–water partition coefficient (Wildman–Crippen LogP) is 2.48. The molecule has 100 valence electrons. The van der Waals surface area contributed by atoms with E-state index >= 15 is 0 Å². The standard InChI is InChI=1S/C16H26N2/c1-3-4-14-5-7-15(8-6-14)9-10-16-13-18(2)12-11-17-16/h5-8,16-17H,3-4,9-13H2,1-2H3. The van der Waals surface area contributed by atoms with Crippen molar-refractivity contribution in [1.29, 1.82) is 0 Å². The zero-order valence-electron chi connectivity index (χ0n) is 11.8. The number of hydrogen-bond acceptors (Lipinski definition) is 2. The van der Waals surface area contributed by atoms with Gasteiger partial charge in [0.25, 0.3) is 0 Å². The van der Waals surface area contributed by atoms with Gasteiger partial charge in [0, 0.05) is 25.7 Å². The average Bonchev–Trinajstić information content (AvgIpc) is 2.38. The Morgan fingerprint density at radius 2 is 1.83 bits per heavy atom. The van der Waals surface area contributed by atoms with E-state index in [-0.39, 0.29) is 0 Å². The lowest BCUT2D eigenvalue weighted by Gasteiger charge is -2.30. The van der Waals surface area contributed by atoms with Gasteiger partial charge in [-0.1, -0.05) is 37.6 Å². The van der Waals surface area contributed by atoms with Crippen molar-refractivity contribution in [2.75, 3.05) is 26.7 Å². The van der Waals surface area contributed by atoms with Crippen molar-refractivity contribution in [3.05, 3.63) is 35.4 Å². The summed E-state index contributed by atoms with van der Waals surface area (Å²) in [4.78, 5) is 2.42. The first-order chi connectivity index (χ1) is 8.78. The number of hydrogen-bond donors (Lipinski definition) is 1. The Bertz CT molecular complexity index is 345. The molecule has 2 heteroatoms. The minimum Gasteiger partial charge on any atom is -0.311 e. The summed E-state index contributed by atoms with van der Waals surface area (Å²) < 4.78 is 0. The number of rotatable bonds is 5. The summed E-state index contributed by atoms with van der Waals surface area (Å²) in [5, 5.41) is 3.61. The van der Waals surface area contributed by atoms with E-state index in [1.807, 2.05) is 0 Å². The molecule has 1 N–H and O–H groups in total. The highest BCUT2D eigenvalue weighted by Gasteiger charge is 2.15. The lowest BCUT2D eigenvalue weighted by molar-refractivity contribution is 0.232. The van der Waals surface area contributed by atoms with E-state index < -0.39 is 0 Å². The van der Waals surface area contributed by atoms with Crippen molar-refractivity contribution in [2.24, 2.45) is 0 Å². The van der Waals surface area contributed by atoms with Crippen LogP contribution in [0.3, 0.4) is 0 Å². The minimum atomic E-state index is 0.666. The van der Waals surface area contributed by atoms with Crippen molar-refractivity contribution < 1.29 is 0 Å². The van der Waals surface area contributed by atoms with Gasteiger partial charge in [-0.25, -0.2) is 0 Å². The van der Waals surface area contributed by atoms with Gasteiger partial charge in [0.1, 0.15) is 0 Å². The highest BCUT2D eigenvalue weighted by Crippen LogP contribution is 2.11. The van der Waals surface area contributed by atoms with E-state index in [1.54, 1.807) is 0 Å². The molecule has 1 aromatic rings. The van der Waals surface area contributed by atoms with E-state index in [1.165, 1.54) is 49.9 Å². The van der Waals surface area contributed by atoms with Crippen molar-refractivity contribution >= 4 is 0 Å². The lowest BCUT2D eigenvalue weighted by Crippen LogP contribution is -2.49. The molecule has 18 heavy (non-hydrogen) atoms. The van der Waals surface area contributed by atoms with E-state index in [2.05, 4.69) is 48.5 Å². The summed E-state index contributed by atoms with van der Waals surface area (Å²) >= 11 is 0. The Morgan fingerprint density at radius 3 is 2.44 bits per heavy atom. The van der Waals surface area contributed by atoms with Crippen LogP contribution in [-0.4, -0.2) is 37.6 Å². The van der Waals surface area contributed by atoms with Crippen LogP contribution in [0.4, 0.5) is 0 Å². The second-order valence-electron chi connectivity index (χ2n) is 5.52. The van der Waals surface area contributed by atoms with Gasteiger partial charge in [0.05, 0.1) is 0 Å². The number of benzene rings is 1. The molecular weight excluding hydrogens is 220 g/mol. The lowest BCUT2D eigenvalue weighted by atomic mass is 10.0. The maximum Gasteiger partial charge on any atom is 0.0198 e. The van der Waals surface area contributed by atoms with Gasteiger partial charge in [-0.15, -0.1) is 0 Å². The second kappa shape index (κ2) is 6.91. The van der Waals surface area contributed by atoms with Gasteiger partial charge in [0.15, 0.2) is 0 Å². The molecule has 1 fully saturated rings. The molecule has 1 aliphatic rings. The molecule has 1 saturated heterocycles. The summed E-state index contributed by atoms with van der Waals surface area (Å²) in [5.74, 6) is 0. The molecule has 2 nitrogen and oxygen atoms in total. The molecule has 0 spiro atoms. The van der Waals surface area contributed by atoms with E-state index in [0.29, 0.717) is 6.04 Å². The van der Waals surface area contributed by atoms with Crippen molar-refractivity contribution in [2.45, 2.75) is 38.6 Å². The first-order valence-corrected chi connectivity index (χ1v) is 7.27. The zero-order valence-corrected chi connectivity index (χ0v) is 11.8. The first kappa shape index (κ1) is 13.6. The number of likely N-dealkylation sites (N-methyl/N-ethyl adjacent to an activating group) is 1. The normalized spacial score (nSPS) is 21.1. The van der Waals surface area contributed by atoms with Crippen LogP contribution in [0.1, 0.15) is 30.9 Å². The van der Waals surface area contributed by atoms with E-state index in [9.17, 15) is 0 Å². The van der Waals surface area contributed by atoms with Crippen LogP contribution in [-0.2, 0) is 12.8 Å². The van der Waals surface area contributed by atoms with Gasteiger partial charge in [0.2, 0.25) is 0 Å². The van der Waals surface area contributed by atoms with Crippen LogP contribution >= 0.6 is 0 Å². The quantitative estimate of drug-likeness (QED) is 0.858. The van der Waals surface area contributed by atoms with Crippen molar-refractivity contribution in [3.63, 3.8) is 0 Å². The Labute approximate surface area is 111 Å². The van der Waals surface area contributed by atoms with Gasteiger partial charge in [-0.05, 0) is 37.4 Å². The summed E-state index contributed by atoms with van der Waals surface area (Å²) in [5.41, 5.74) is 2.95. The van der Waals surface area contributed by atoms with Crippen LogP contribution < -0.4 is 5.32 Å². The smallest absolute Gasteiger partial charge is 0.0198 e. The maximum absolute atomic E-state index is 3.61. The predicted molar refractivity (Wildman–Crippen MR) is 78.0 cm³/mol. The Kier molecular flexibility index (Phi) is 5.21. The van der Waals surface area contributed by atoms with E-state index in [4.69, 9.17) is 0 Å².